The van der Waals surface area contributed by atoms with Gasteiger partial charge in [-0.1, -0.05) is 0 Å². The van der Waals surface area contributed by atoms with E-state index in [4.69, 9.17) is 10.5 Å². The molecule has 2 amide bonds. The van der Waals surface area contributed by atoms with Gasteiger partial charge in [0.1, 0.15) is 46.1 Å². The second kappa shape index (κ2) is 9.32. The molecule has 0 bridgehead atoms. The van der Waals surface area contributed by atoms with Gasteiger partial charge in [-0.15, -0.1) is 0 Å². The van der Waals surface area contributed by atoms with Crippen LogP contribution in [0.2, 0.25) is 0 Å². The minimum Gasteiger partial charge on any atom is -0.506 e. The van der Waals surface area contributed by atoms with Crippen molar-refractivity contribution in [3.8, 4) is 22.8 Å². The fraction of sp³-hybridized carbons (Fsp3) is 0.241. The van der Waals surface area contributed by atoms with E-state index in [1.807, 2.05) is 6.92 Å². The Hall–Kier alpha value is -4.57. The van der Waals surface area contributed by atoms with Crippen LogP contribution in [0.3, 0.4) is 0 Å². The first kappa shape index (κ1) is 26.1. The van der Waals surface area contributed by atoms with E-state index in [1.54, 1.807) is 31.3 Å². The topological polar surface area (TPSA) is 148 Å². The molecule has 200 valence electrons. The lowest BCUT2D eigenvalue weighted by Crippen LogP contribution is -2.41. The molecular formula is C29H27FN4O5. The van der Waals surface area contributed by atoms with E-state index < -0.39 is 28.6 Å². The molecule has 1 aliphatic rings. The number of hydrogen-bond acceptors (Lipinski definition) is 7. The molecule has 0 aliphatic carbocycles. The molecule has 2 aromatic carbocycles. The number of benzene rings is 2. The Labute approximate surface area is 223 Å². The predicted octanol–water partition coefficient (Wildman–Crippen LogP) is 3.22. The first-order chi connectivity index (χ1) is 18.4. The minimum absolute atomic E-state index is 0.0182. The number of aryl methyl sites for hydroxylation is 1. The largest absolute Gasteiger partial charge is 0.506 e. The van der Waals surface area contributed by atoms with E-state index >= 15 is 0 Å². The minimum atomic E-state index is -1.70. The zero-order chi connectivity index (χ0) is 28.1. The lowest BCUT2D eigenvalue weighted by atomic mass is 9.82. The molecule has 2 atom stereocenters. The number of fused-ring (bicyclic) bond motifs is 2. The van der Waals surface area contributed by atoms with Crippen LogP contribution in [0.5, 0.6) is 11.5 Å². The number of aliphatic hydroxyl groups is 1. The van der Waals surface area contributed by atoms with Gasteiger partial charge in [-0.2, -0.15) is 0 Å². The molecule has 4 aromatic rings. The summed E-state index contributed by atoms with van der Waals surface area (Å²) in [6, 6.07) is 11.8. The molecule has 3 heterocycles. The van der Waals surface area contributed by atoms with Gasteiger partial charge in [0.2, 0.25) is 5.91 Å². The SMILES string of the molecule is Cc1cnc2c(O)cc(C(=O)NC[C@](C)(O)c3cc4c(c(-c5ccc(F)cc5)n3)OC[C@]4(C)C(N)=O)cc2c1. The summed E-state index contributed by atoms with van der Waals surface area (Å²) in [6.45, 7) is 4.69. The number of aromatic nitrogens is 2. The quantitative estimate of drug-likeness (QED) is 0.299. The summed E-state index contributed by atoms with van der Waals surface area (Å²) in [7, 11) is 0. The van der Waals surface area contributed by atoms with Crippen molar-refractivity contribution in [1.82, 2.24) is 15.3 Å². The molecule has 9 nitrogen and oxygen atoms in total. The van der Waals surface area contributed by atoms with Crippen molar-refractivity contribution in [2.75, 3.05) is 13.2 Å². The van der Waals surface area contributed by atoms with Crippen LogP contribution in [0.25, 0.3) is 22.2 Å². The third-order valence-corrected chi connectivity index (χ3v) is 7.04. The number of carbonyl (C=O) groups excluding carboxylic acids is 2. The van der Waals surface area contributed by atoms with Gasteiger partial charge < -0.3 is 26.0 Å². The van der Waals surface area contributed by atoms with Crippen LogP contribution < -0.4 is 15.8 Å². The number of nitrogens with one attached hydrogen (secondary N) is 1. The third-order valence-electron chi connectivity index (χ3n) is 7.04. The first-order valence-electron chi connectivity index (χ1n) is 12.2. The second-order valence-corrected chi connectivity index (χ2v) is 10.3. The van der Waals surface area contributed by atoms with Crippen LogP contribution in [0.15, 0.2) is 54.7 Å². The van der Waals surface area contributed by atoms with Gasteiger partial charge in [0.05, 0.1) is 12.2 Å². The summed E-state index contributed by atoms with van der Waals surface area (Å²) in [6.07, 6.45) is 1.62. The number of ether oxygens (including phenoxy) is 1. The van der Waals surface area contributed by atoms with Crippen molar-refractivity contribution in [2.24, 2.45) is 5.73 Å². The van der Waals surface area contributed by atoms with Crippen molar-refractivity contribution < 1.29 is 28.9 Å². The van der Waals surface area contributed by atoms with Gasteiger partial charge in [0.25, 0.3) is 5.91 Å². The summed E-state index contributed by atoms with van der Waals surface area (Å²) >= 11 is 0. The fourth-order valence-corrected chi connectivity index (χ4v) is 4.58. The van der Waals surface area contributed by atoms with Crippen molar-refractivity contribution in [1.29, 1.82) is 0 Å². The zero-order valence-electron chi connectivity index (χ0n) is 21.6. The fourth-order valence-electron chi connectivity index (χ4n) is 4.58. The number of phenolic OH excluding ortho intramolecular Hbond substituents is 1. The molecule has 0 radical (unpaired) electrons. The smallest absolute Gasteiger partial charge is 0.251 e. The predicted molar refractivity (Wildman–Crippen MR) is 142 cm³/mol. The normalized spacial score (nSPS) is 17.8. The van der Waals surface area contributed by atoms with Crippen LogP contribution >= 0.6 is 0 Å². The summed E-state index contributed by atoms with van der Waals surface area (Å²) in [5.41, 5.74) is 5.66. The number of nitrogens with two attached hydrogens (primary N) is 1. The molecule has 10 heteroatoms. The van der Waals surface area contributed by atoms with Crippen LogP contribution in [-0.2, 0) is 15.8 Å². The van der Waals surface area contributed by atoms with E-state index in [2.05, 4.69) is 15.3 Å². The van der Waals surface area contributed by atoms with Gasteiger partial charge in [-0.3, -0.25) is 14.6 Å². The third kappa shape index (κ3) is 4.63. The molecule has 2 aromatic heterocycles. The van der Waals surface area contributed by atoms with Crippen molar-refractivity contribution in [2.45, 2.75) is 31.8 Å². The summed E-state index contributed by atoms with van der Waals surface area (Å²) in [4.78, 5) is 34.2. The Morgan fingerprint density at radius 1 is 1.21 bits per heavy atom. The number of hydrogen-bond donors (Lipinski definition) is 4. The maximum atomic E-state index is 13.6. The molecule has 0 fully saturated rings. The maximum absolute atomic E-state index is 13.6. The molecule has 0 saturated carbocycles. The molecule has 0 saturated heterocycles. The van der Waals surface area contributed by atoms with Gasteiger partial charge in [0, 0.05) is 28.3 Å². The van der Waals surface area contributed by atoms with E-state index in [-0.39, 0.29) is 30.2 Å². The maximum Gasteiger partial charge on any atom is 0.251 e. The number of carbonyl (C=O) groups is 2. The first-order valence-corrected chi connectivity index (χ1v) is 12.2. The summed E-state index contributed by atoms with van der Waals surface area (Å²) in [5.74, 6) is -1.40. The Kier molecular flexibility index (Phi) is 6.22. The van der Waals surface area contributed by atoms with Crippen LogP contribution in [0.4, 0.5) is 4.39 Å². The number of amides is 2. The van der Waals surface area contributed by atoms with E-state index in [9.17, 15) is 24.2 Å². The molecule has 1 aliphatic heterocycles. The van der Waals surface area contributed by atoms with Gasteiger partial charge in [-0.05, 0) is 74.9 Å². The molecule has 0 spiro atoms. The molecular weight excluding hydrogens is 503 g/mol. The van der Waals surface area contributed by atoms with E-state index in [0.29, 0.717) is 33.5 Å². The number of halogens is 1. The zero-order valence-corrected chi connectivity index (χ0v) is 21.6. The van der Waals surface area contributed by atoms with Crippen molar-refractivity contribution >= 4 is 22.7 Å². The summed E-state index contributed by atoms with van der Waals surface area (Å²) in [5, 5.41) is 25.1. The Morgan fingerprint density at radius 2 is 1.92 bits per heavy atom. The average molecular weight is 531 g/mol. The lowest BCUT2D eigenvalue weighted by Gasteiger charge is -2.26. The van der Waals surface area contributed by atoms with Gasteiger partial charge in [0.15, 0.2) is 0 Å². The monoisotopic (exact) mass is 530 g/mol. The Bertz CT molecular complexity index is 1640. The van der Waals surface area contributed by atoms with E-state index in [1.165, 1.54) is 37.3 Å². The number of aromatic hydroxyl groups is 1. The molecule has 5 N–H and O–H groups in total. The highest BCUT2D eigenvalue weighted by atomic mass is 19.1. The number of nitrogens with zero attached hydrogens (tertiary/aromatic N) is 2. The van der Waals surface area contributed by atoms with E-state index in [0.717, 1.165) is 5.56 Å². The number of rotatable bonds is 6. The average Bonchev–Trinajstić information content (AvgIpc) is 3.25. The highest BCUT2D eigenvalue weighted by molar-refractivity contribution is 6.00. The standard InChI is InChI=1S/C29H27FN4O5/c1-15-8-17-9-18(10-21(35)23(17)32-12-15)26(36)33-13-29(3,38)22-11-20-25(39-14-28(20,2)27(31)37)24(34-22)16-4-6-19(30)7-5-16/h4-12,35,38H,13-14H2,1-3H3,(H2,31,37)(H,33,36)/t28-,29-/m0/s1. The second-order valence-electron chi connectivity index (χ2n) is 10.3. The van der Waals surface area contributed by atoms with Crippen LogP contribution in [0.1, 0.15) is 41.0 Å². The van der Waals surface area contributed by atoms with Gasteiger partial charge >= 0.3 is 0 Å². The number of phenols is 1. The van der Waals surface area contributed by atoms with Crippen molar-refractivity contribution in [3.63, 3.8) is 0 Å². The highest BCUT2D eigenvalue weighted by Gasteiger charge is 2.45. The Morgan fingerprint density at radius 3 is 2.62 bits per heavy atom. The van der Waals surface area contributed by atoms with Crippen molar-refractivity contribution in [3.05, 3.63) is 82.9 Å². The van der Waals surface area contributed by atoms with Gasteiger partial charge in [-0.25, -0.2) is 9.37 Å². The van der Waals surface area contributed by atoms with Crippen LogP contribution in [0, 0.1) is 12.7 Å². The molecule has 39 heavy (non-hydrogen) atoms. The summed E-state index contributed by atoms with van der Waals surface area (Å²) < 4.78 is 19.4. The highest BCUT2D eigenvalue weighted by Crippen LogP contribution is 2.45. The lowest BCUT2D eigenvalue weighted by molar-refractivity contribution is -0.123. The number of primary amides is 1. The number of pyridine rings is 2. The molecule has 0 unspecified atom stereocenters. The Balaban J connectivity index is 1.49. The van der Waals surface area contributed by atoms with Crippen LogP contribution in [-0.4, -0.2) is 45.1 Å². The molecule has 5 rings (SSSR count).